The van der Waals surface area contributed by atoms with E-state index in [1.807, 2.05) is 0 Å². The smallest absolute Gasteiger partial charge is 0.447 e. The van der Waals surface area contributed by atoms with Crippen molar-refractivity contribution in [2.24, 2.45) is 0 Å². The number of hydrogen-bond donors (Lipinski definition) is 2. The van der Waals surface area contributed by atoms with Gasteiger partial charge in [0.25, 0.3) is 0 Å². The van der Waals surface area contributed by atoms with Crippen LogP contribution in [0.5, 0.6) is 0 Å². The van der Waals surface area contributed by atoms with Crippen molar-refractivity contribution < 1.29 is 29.6 Å². The van der Waals surface area contributed by atoms with Gasteiger partial charge in [-0.3, -0.25) is 0 Å². The fourth-order valence-electron chi connectivity index (χ4n) is 1.63. The maximum atomic E-state index is 9.29. The van der Waals surface area contributed by atoms with Crippen LogP contribution in [-0.2, 0) is 9.78 Å². The molecule has 0 aliphatic carbocycles. The van der Waals surface area contributed by atoms with Crippen molar-refractivity contribution in [2.75, 3.05) is 0 Å². The molecule has 1 aromatic rings. The molecule has 0 aliphatic heterocycles. The van der Waals surface area contributed by atoms with E-state index in [1.165, 1.54) is 11.1 Å². The van der Waals surface area contributed by atoms with E-state index in [4.69, 9.17) is 10.2 Å². The normalized spacial score (nSPS) is 9.70. The summed E-state index contributed by atoms with van der Waals surface area (Å²) < 4.78 is 0. The van der Waals surface area contributed by atoms with Gasteiger partial charge in [0, 0.05) is 0 Å². The van der Waals surface area contributed by atoms with Gasteiger partial charge in [-0.2, -0.15) is 0 Å². The molecule has 0 spiro atoms. The van der Waals surface area contributed by atoms with Crippen LogP contribution in [0.25, 0.3) is 0 Å². The summed E-state index contributed by atoms with van der Waals surface area (Å²) in [5.74, 6) is 1.28. The molecule has 0 unspecified atom stereocenters. The Morgan fingerprint density at radius 3 is 1.35 bits per heavy atom. The fourth-order valence-corrected chi connectivity index (χ4v) is 1.63. The van der Waals surface area contributed by atoms with Gasteiger partial charge in [-0.15, -0.1) is 0 Å². The number of carbonyl (C=O) groups is 2. The molecule has 1 aromatic carbocycles. The molecular weight excluding hydrogens is 264 g/mol. The zero-order valence-electron chi connectivity index (χ0n) is 12.0. The van der Waals surface area contributed by atoms with Crippen LogP contribution in [0.15, 0.2) is 24.3 Å². The van der Waals surface area contributed by atoms with Gasteiger partial charge in [-0.25, -0.2) is 19.4 Å². The monoisotopic (exact) mass is 284 g/mol. The molecule has 0 saturated carbocycles. The highest BCUT2D eigenvalue weighted by Gasteiger charge is 2.07. The molecule has 0 amide bonds. The van der Waals surface area contributed by atoms with Crippen molar-refractivity contribution in [2.45, 2.75) is 39.5 Å². The Labute approximate surface area is 117 Å². The van der Waals surface area contributed by atoms with Gasteiger partial charge >= 0.3 is 12.3 Å². The summed E-state index contributed by atoms with van der Waals surface area (Å²) in [5.41, 5.74) is 2.99. The molecule has 20 heavy (non-hydrogen) atoms. The Balaban J connectivity index is 0.000000396. The minimum atomic E-state index is -1.80. The highest BCUT2D eigenvalue weighted by Crippen LogP contribution is 2.25. The Hall–Kier alpha value is -2.24. The van der Waals surface area contributed by atoms with Crippen LogP contribution in [0, 0.1) is 0 Å². The number of rotatable bonds is 2. The first kappa shape index (κ1) is 17.8. The average molecular weight is 284 g/mol. The first-order chi connectivity index (χ1) is 9.25. The molecule has 0 aromatic heterocycles. The van der Waals surface area contributed by atoms with Crippen molar-refractivity contribution in [3.63, 3.8) is 0 Å². The van der Waals surface area contributed by atoms with E-state index in [-0.39, 0.29) is 0 Å². The van der Waals surface area contributed by atoms with Crippen LogP contribution < -0.4 is 0 Å². The summed E-state index contributed by atoms with van der Waals surface area (Å²) in [6.07, 6.45) is -3.60. The van der Waals surface area contributed by atoms with Gasteiger partial charge in [0.05, 0.1) is 0 Å². The summed E-state index contributed by atoms with van der Waals surface area (Å²) in [5, 5.41) is 15.1. The van der Waals surface area contributed by atoms with E-state index in [0.29, 0.717) is 11.8 Å². The summed E-state index contributed by atoms with van der Waals surface area (Å²) in [6, 6.07) is 8.72. The number of benzene rings is 1. The molecule has 0 atom stereocenters. The second-order valence-corrected chi connectivity index (χ2v) is 4.64. The first-order valence-electron chi connectivity index (χ1n) is 6.14. The second-order valence-electron chi connectivity index (χ2n) is 4.64. The molecule has 2 N–H and O–H groups in total. The first-order valence-corrected chi connectivity index (χ1v) is 6.14. The van der Waals surface area contributed by atoms with Gasteiger partial charge in [0.1, 0.15) is 0 Å². The standard InChI is InChI=1S/C12H18.C2H2O6/c1-9(2)11-7-5-6-8-12(11)10(3)4;3-1(4)7-8-2(5)6/h5-10H,1-4H3;(H,3,4)(H,5,6). The van der Waals surface area contributed by atoms with Gasteiger partial charge < -0.3 is 10.2 Å². The molecule has 0 heterocycles. The third-order valence-electron chi connectivity index (χ3n) is 2.42. The fraction of sp³-hybridized carbons (Fsp3) is 0.429. The number of hydrogen-bond acceptors (Lipinski definition) is 4. The topological polar surface area (TPSA) is 93.1 Å². The van der Waals surface area contributed by atoms with Crippen LogP contribution in [0.4, 0.5) is 9.59 Å². The van der Waals surface area contributed by atoms with Crippen LogP contribution in [0.1, 0.15) is 50.7 Å². The van der Waals surface area contributed by atoms with E-state index >= 15 is 0 Å². The van der Waals surface area contributed by atoms with Gasteiger partial charge in [-0.1, -0.05) is 52.0 Å². The van der Waals surface area contributed by atoms with Crippen molar-refractivity contribution in [1.82, 2.24) is 0 Å². The summed E-state index contributed by atoms with van der Waals surface area (Å²) >= 11 is 0. The minimum absolute atomic E-state index is 0.642. The lowest BCUT2D eigenvalue weighted by molar-refractivity contribution is -0.208. The summed E-state index contributed by atoms with van der Waals surface area (Å²) in [7, 11) is 0. The van der Waals surface area contributed by atoms with Crippen molar-refractivity contribution in [1.29, 1.82) is 0 Å². The molecule has 1 rings (SSSR count). The van der Waals surface area contributed by atoms with Crippen molar-refractivity contribution in [3.8, 4) is 0 Å². The second kappa shape index (κ2) is 8.79. The SMILES string of the molecule is CC(C)c1ccccc1C(C)C.O=C(O)OOC(=O)O. The zero-order chi connectivity index (χ0) is 15.7. The lowest BCUT2D eigenvalue weighted by Crippen LogP contribution is -2.05. The van der Waals surface area contributed by atoms with E-state index in [0.717, 1.165) is 0 Å². The van der Waals surface area contributed by atoms with Crippen LogP contribution in [-0.4, -0.2) is 22.5 Å². The minimum Gasteiger partial charge on any atom is -0.447 e. The van der Waals surface area contributed by atoms with E-state index in [1.54, 1.807) is 0 Å². The van der Waals surface area contributed by atoms with E-state index in [2.05, 4.69) is 61.7 Å². The van der Waals surface area contributed by atoms with Crippen LogP contribution in [0.3, 0.4) is 0 Å². The molecule has 0 radical (unpaired) electrons. The molecule has 0 fully saturated rings. The molecule has 0 saturated heterocycles. The average Bonchev–Trinajstić information content (AvgIpc) is 2.37. The van der Waals surface area contributed by atoms with Crippen molar-refractivity contribution >= 4 is 12.3 Å². The maximum absolute atomic E-state index is 9.29. The summed E-state index contributed by atoms with van der Waals surface area (Å²) in [4.78, 5) is 24.8. The van der Waals surface area contributed by atoms with Crippen molar-refractivity contribution in [3.05, 3.63) is 35.4 Å². The molecule has 0 aliphatic rings. The lowest BCUT2D eigenvalue weighted by Gasteiger charge is -2.14. The van der Waals surface area contributed by atoms with E-state index < -0.39 is 12.3 Å². The van der Waals surface area contributed by atoms with Gasteiger partial charge in [0.2, 0.25) is 0 Å². The quantitative estimate of drug-likeness (QED) is 0.623. The Morgan fingerprint density at radius 2 is 1.15 bits per heavy atom. The number of carboxylic acid groups (broad SMARTS) is 2. The molecule has 0 bridgehead atoms. The molecule has 112 valence electrons. The largest absolute Gasteiger partial charge is 0.547 e. The molecule has 6 heteroatoms. The van der Waals surface area contributed by atoms with Crippen LogP contribution >= 0.6 is 0 Å². The Morgan fingerprint density at radius 1 is 0.850 bits per heavy atom. The highest BCUT2D eigenvalue weighted by molar-refractivity contribution is 5.60. The Bertz CT molecular complexity index is 398. The van der Waals surface area contributed by atoms with Crippen LogP contribution in [0.2, 0.25) is 0 Å². The zero-order valence-corrected chi connectivity index (χ0v) is 12.0. The maximum Gasteiger partial charge on any atom is 0.547 e. The third-order valence-corrected chi connectivity index (χ3v) is 2.42. The third kappa shape index (κ3) is 7.25. The molecular formula is C14H20O6. The predicted molar refractivity (Wildman–Crippen MR) is 72.8 cm³/mol. The van der Waals surface area contributed by atoms with E-state index in [9.17, 15) is 9.59 Å². The lowest BCUT2D eigenvalue weighted by atomic mass is 9.91. The van der Waals surface area contributed by atoms with Gasteiger partial charge in [0.15, 0.2) is 0 Å². The summed E-state index contributed by atoms with van der Waals surface area (Å²) in [6.45, 7) is 9.00. The predicted octanol–water partition coefficient (Wildman–Crippen LogP) is 4.22. The molecule has 6 nitrogen and oxygen atoms in total. The Kier molecular flexibility index (Phi) is 7.81. The highest BCUT2D eigenvalue weighted by atomic mass is 17.2. The van der Waals surface area contributed by atoms with Gasteiger partial charge in [-0.05, 0) is 23.0 Å².